The number of aromatic hydroxyl groups is 1. The van der Waals surface area contributed by atoms with E-state index in [1.54, 1.807) is 23.9 Å². The van der Waals surface area contributed by atoms with E-state index in [4.69, 9.17) is 0 Å². The van der Waals surface area contributed by atoms with Gasteiger partial charge in [-0.3, -0.25) is 4.79 Å². The molecule has 4 heteroatoms. The first-order valence-electron chi connectivity index (χ1n) is 10.6. The molecule has 0 bridgehead atoms. The molecule has 1 aliphatic heterocycles. The van der Waals surface area contributed by atoms with Gasteiger partial charge in [0.1, 0.15) is 10.5 Å². The van der Waals surface area contributed by atoms with Gasteiger partial charge in [0.25, 0.3) is 0 Å². The summed E-state index contributed by atoms with van der Waals surface area (Å²) in [6.07, 6.45) is 0. The monoisotopic (exact) mass is 425 g/mol. The molecule has 162 valence electrons. The highest BCUT2D eigenvalue weighted by atomic mass is 32.2. The van der Waals surface area contributed by atoms with E-state index >= 15 is 0 Å². The summed E-state index contributed by atoms with van der Waals surface area (Å²) in [6.45, 7) is 17.4. The molecule has 1 N–H and O–H groups in total. The van der Waals surface area contributed by atoms with E-state index in [0.29, 0.717) is 0 Å². The number of hydrogen-bond acceptors (Lipinski definition) is 3. The molecule has 2 aromatic carbocycles. The summed E-state index contributed by atoms with van der Waals surface area (Å²) in [5, 5.41) is 9.87. The predicted molar refractivity (Wildman–Crippen MR) is 126 cm³/mol. The molecule has 1 amide bonds. The molecule has 3 unspecified atom stereocenters. The zero-order valence-corrected chi connectivity index (χ0v) is 20.3. The molecule has 1 aliphatic rings. The number of amides is 1. The number of phenolic OH excluding ortho intramolecular Hbond substituents is 1. The van der Waals surface area contributed by atoms with Gasteiger partial charge in [0.05, 0.1) is 10.9 Å². The molecule has 3 atom stereocenters. The van der Waals surface area contributed by atoms with Crippen LogP contribution >= 0.6 is 11.8 Å². The highest BCUT2D eigenvalue weighted by Gasteiger charge is 2.67. The van der Waals surface area contributed by atoms with Gasteiger partial charge in [0.15, 0.2) is 0 Å². The zero-order chi connectivity index (χ0) is 22.5. The Morgan fingerprint density at radius 2 is 1.43 bits per heavy atom. The van der Waals surface area contributed by atoms with E-state index < -0.39 is 9.62 Å². The normalized spacial score (nSPS) is 26.1. The van der Waals surface area contributed by atoms with Crippen LogP contribution in [0.3, 0.4) is 0 Å². The van der Waals surface area contributed by atoms with Gasteiger partial charge in [0.2, 0.25) is 5.91 Å². The van der Waals surface area contributed by atoms with Crippen molar-refractivity contribution >= 4 is 17.7 Å². The van der Waals surface area contributed by atoms with Crippen molar-refractivity contribution in [3.05, 3.63) is 65.7 Å². The highest BCUT2D eigenvalue weighted by molar-refractivity contribution is 8.02. The molecule has 0 aromatic heterocycles. The van der Waals surface area contributed by atoms with Crippen molar-refractivity contribution in [3.63, 3.8) is 0 Å². The number of phenols is 1. The van der Waals surface area contributed by atoms with Crippen LogP contribution in [-0.4, -0.2) is 20.8 Å². The van der Waals surface area contributed by atoms with E-state index in [9.17, 15) is 9.90 Å². The summed E-state index contributed by atoms with van der Waals surface area (Å²) in [4.78, 5) is 16.2. The second-order valence-corrected chi connectivity index (χ2v) is 12.2. The fourth-order valence-corrected chi connectivity index (χ4v) is 6.47. The number of nitrogens with zero attached hydrogens (tertiary/aromatic N) is 1. The van der Waals surface area contributed by atoms with Crippen molar-refractivity contribution in [2.75, 3.05) is 0 Å². The van der Waals surface area contributed by atoms with Gasteiger partial charge in [0, 0.05) is 0 Å². The van der Waals surface area contributed by atoms with Gasteiger partial charge in [-0.25, -0.2) is 0 Å². The number of thioether (sulfide) groups is 1. The van der Waals surface area contributed by atoms with Gasteiger partial charge in [-0.05, 0) is 47.9 Å². The number of hydrogen-bond donors (Lipinski definition) is 1. The first-order chi connectivity index (χ1) is 13.8. The molecule has 1 fully saturated rings. The Morgan fingerprint density at radius 1 is 0.900 bits per heavy atom. The molecule has 1 saturated heterocycles. The molecule has 3 nitrogen and oxygen atoms in total. The number of carbonyl (C=O) groups excluding carboxylic acids is 1. The van der Waals surface area contributed by atoms with Crippen molar-refractivity contribution < 1.29 is 9.90 Å². The zero-order valence-electron chi connectivity index (χ0n) is 19.5. The van der Waals surface area contributed by atoms with E-state index in [-0.39, 0.29) is 28.5 Å². The van der Waals surface area contributed by atoms with E-state index in [0.717, 1.165) is 11.1 Å². The van der Waals surface area contributed by atoms with Crippen LogP contribution in [0.4, 0.5) is 0 Å². The van der Waals surface area contributed by atoms with Crippen LogP contribution < -0.4 is 0 Å². The lowest BCUT2D eigenvalue weighted by Gasteiger charge is -2.47. The quantitative estimate of drug-likeness (QED) is 0.592. The number of rotatable bonds is 3. The second kappa shape index (κ2) is 7.33. The molecule has 2 aromatic rings. The molecular formula is C26H35NO2S. The first-order valence-corrected chi connectivity index (χ1v) is 11.5. The van der Waals surface area contributed by atoms with E-state index in [1.807, 2.05) is 30.3 Å². The summed E-state index contributed by atoms with van der Waals surface area (Å²) in [5.41, 5.74) is 1.60. The molecule has 0 saturated carbocycles. The van der Waals surface area contributed by atoms with Crippen molar-refractivity contribution in [1.29, 1.82) is 0 Å². The van der Waals surface area contributed by atoms with Crippen LogP contribution in [0, 0.1) is 10.8 Å². The average Bonchev–Trinajstić information content (AvgIpc) is 2.91. The number of carbonyl (C=O) groups is 1. The SMILES string of the molecule is CC(c1ccccc1)N1C(=O)C(c2ccc(O)cc2)(C(C)(C)C)SC1(C)C(C)(C)C. The maximum atomic E-state index is 14.5. The highest BCUT2D eigenvalue weighted by Crippen LogP contribution is 2.67. The lowest BCUT2D eigenvalue weighted by Crippen LogP contribution is -2.52. The maximum absolute atomic E-state index is 14.5. The average molecular weight is 426 g/mol. The fourth-order valence-electron chi connectivity index (χ4n) is 4.48. The van der Waals surface area contributed by atoms with Crippen molar-refractivity contribution in [1.82, 2.24) is 4.90 Å². The van der Waals surface area contributed by atoms with Crippen molar-refractivity contribution in [3.8, 4) is 5.75 Å². The lowest BCUT2D eigenvalue weighted by molar-refractivity contribution is -0.142. The smallest absolute Gasteiger partial charge is 0.245 e. The van der Waals surface area contributed by atoms with Crippen molar-refractivity contribution in [2.45, 2.75) is 71.0 Å². The lowest BCUT2D eigenvalue weighted by atomic mass is 9.74. The Labute approximate surface area is 185 Å². The van der Waals surface area contributed by atoms with Gasteiger partial charge in [-0.1, -0.05) is 84.0 Å². The van der Waals surface area contributed by atoms with E-state index in [2.05, 4.69) is 72.4 Å². The molecule has 0 radical (unpaired) electrons. The van der Waals surface area contributed by atoms with Crippen LogP contribution in [0.2, 0.25) is 0 Å². The van der Waals surface area contributed by atoms with Crippen LogP contribution in [0.1, 0.15) is 72.6 Å². The largest absolute Gasteiger partial charge is 0.508 e. The van der Waals surface area contributed by atoms with E-state index in [1.165, 1.54) is 0 Å². The minimum atomic E-state index is -0.758. The molecule has 30 heavy (non-hydrogen) atoms. The first kappa shape index (κ1) is 22.7. The minimum Gasteiger partial charge on any atom is -0.508 e. The Kier molecular flexibility index (Phi) is 5.56. The summed E-state index contributed by atoms with van der Waals surface area (Å²) in [6, 6.07) is 17.4. The Balaban J connectivity index is 2.27. The minimum absolute atomic E-state index is 0.0586. The topological polar surface area (TPSA) is 40.5 Å². The summed E-state index contributed by atoms with van der Waals surface area (Å²) >= 11 is 1.77. The molecule has 1 heterocycles. The standard InChI is InChI=1S/C26H35NO2S/c1-18(19-12-10-9-11-13-19)27-22(29)26(24(5,6)7,20-14-16-21(28)17-15-20)30-25(27,8)23(2,3)4/h9-18,28H,1-8H3. The van der Waals surface area contributed by atoms with Crippen LogP contribution in [-0.2, 0) is 9.54 Å². The summed E-state index contributed by atoms with van der Waals surface area (Å²) in [5.74, 6) is 0.353. The van der Waals surface area contributed by atoms with Gasteiger partial charge in [-0.2, -0.15) is 0 Å². The Morgan fingerprint density at radius 3 is 1.90 bits per heavy atom. The molecule has 0 aliphatic carbocycles. The van der Waals surface area contributed by atoms with Crippen LogP contribution in [0.25, 0.3) is 0 Å². The van der Waals surface area contributed by atoms with Crippen LogP contribution in [0.5, 0.6) is 5.75 Å². The third-order valence-electron chi connectivity index (χ3n) is 6.72. The molecule has 0 spiro atoms. The Bertz CT molecular complexity index is 911. The van der Waals surface area contributed by atoms with Gasteiger partial charge in [-0.15, -0.1) is 11.8 Å². The van der Waals surface area contributed by atoms with Crippen molar-refractivity contribution in [2.24, 2.45) is 10.8 Å². The molecule has 3 rings (SSSR count). The van der Waals surface area contributed by atoms with Crippen LogP contribution in [0.15, 0.2) is 54.6 Å². The summed E-state index contributed by atoms with van der Waals surface area (Å²) < 4.78 is -0.758. The molecular weight excluding hydrogens is 390 g/mol. The summed E-state index contributed by atoms with van der Waals surface area (Å²) in [7, 11) is 0. The third-order valence-corrected chi connectivity index (χ3v) is 9.26. The maximum Gasteiger partial charge on any atom is 0.245 e. The second-order valence-electron chi connectivity index (χ2n) is 10.6. The Hall–Kier alpha value is -1.94. The predicted octanol–water partition coefficient (Wildman–Crippen LogP) is 6.73. The van der Waals surface area contributed by atoms with Gasteiger partial charge < -0.3 is 10.0 Å². The third kappa shape index (κ3) is 3.33. The fraction of sp³-hybridized carbons (Fsp3) is 0.500. The van der Waals surface area contributed by atoms with Gasteiger partial charge >= 0.3 is 0 Å². The number of benzene rings is 2.